The number of nitrogens with zero attached hydrogens (tertiary/aromatic N) is 7. The molecule has 1 aromatic rings. The first-order valence-electron chi connectivity index (χ1n) is 12.2. The van der Waals surface area contributed by atoms with Crippen molar-refractivity contribution in [3.63, 3.8) is 0 Å². The Morgan fingerprint density at radius 3 is 2.83 bits per heavy atom. The van der Waals surface area contributed by atoms with Gasteiger partial charge in [0.25, 0.3) is 0 Å². The van der Waals surface area contributed by atoms with Gasteiger partial charge in [0.05, 0.1) is 24.6 Å². The van der Waals surface area contributed by atoms with Crippen molar-refractivity contribution in [2.45, 2.75) is 49.6 Å². The second kappa shape index (κ2) is 16.6. The summed E-state index contributed by atoms with van der Waals surface area (Å²) in [4.78, 5) is 36.3. The molecular formula is C23H31F3N8O6S2. The van der Waals surface area contributed by atoms with Crippen molar-refractivity contribution in [1.82, 2.24) is 19.8 Å². The third-order valence-corrected chi connectivity index (χ3v) is 8.14. The molecule has 0 saturated carbocycles. The van der Waals surface area contributed by atoms with Crippen LogP contribution >= 0.6 is 21.6 Å². The second-order valence-electron chi connectivity index (χ2n) is 9.40. The average Bonchev–Trinajstić information content (AvgIpc) is 3.33. The number of aliphatic hydroxyl groups is 1. The molecule has 1 aliphatic heterocycles. The van der Waals surface area contributed by atoms with Crippen LogP contribution in [-0.2, 0) is 19.0 Å². The largest absolute Gasteiger partial charge is 0.471 e. The molecule has 1 fully saturated rings. The van der Waals surface area contributed by atoms with Gasteiger partial charge in [0.2, 0.25) is 0 Å². The Labute approximate surface area is 247 Å². The van der Waals surface area contributed by atoms with Gasteiger partial charge in [0, 0.05) is 42.9 Å². The van der Waals surface area contributed by atoms with E-state index in [1.165, 1.54) is 38.7 Å². The predicted molar refractivity (Wildman–Crippen MR) is 151 cm³/mol. The summed E-state index contributed by atoms with van der Waals surface area (Å²) in [5, 5.41) is 14.8. The van der Waals surface area contributed by atoms with Gasteiger partial charge >= 0.3 is 17.8 Å². The van der Waals surface area contributed by atoms with Gasteiger partial charge in [-0.15, -0.1) is 0 Å². The number of aromatic nitrogens is 2. The molecule has 14 nitrogen and oxygen atoms in total. The van der Waals surface area contributed by atoms with Crippen LogP contribution in [0.15, 0.2) is 21.1 Å². The summed E-state index contributed by atoms with van der Waals surface area (Å²) >= 11 is 0. The number of ether oxygens (including phenoxy) is 3. The highest BCUT2D eigenvalue weighted by Gasteiger charge is 2.39. The molecule has 2 rings (SSSR count). The molecule has 1 aromatic heterocycles. The summed E-state index contributed by atoms with van der Waals surface area (Å²) < 4.78 is 54.3. The highest BCUT2D eigenvalue weighted by Crippen LogP contribution is 2.35. The minimum atomic E-state index is -4.94. The van der Waals surface area contributed by atoms with E-state index in [0.717, 1.165) is 0 Å². The maximum Gasteiger partial charge on any atom is 0.471 e. The SMILES string of the molecule is CN(C)/C=N/c1nc(=O)n([C@H]2CC(OCN=[N+]=[N-])[C@@H](CO)O2)cc1C#CCOCSSC(C)(C)CNC(=O)C(F)(F)F. The number of rotatable bonds is 14. The lowest BCUT2D eigenvalue weighted by molar-refractivity contribution is -0.173. The van der Waals surface area contributed by atoms with Crippen LogP contribution in [0.3, 0.4) is 0 Å². The van der Waals surface area contributed by atoms with E-state index in [1.54, 1.807) is 32.8 Å². The number of carbonyl (C=O) groups excluding carboxylic acids is 1. The molecule has 1 unspecified atom stereocenters. The van der Waals surface area contributed by atoms with Crippen LogP contribution in [-0.4, -0.2) is 101 Å². The van der Waals surface area contributed by atoms with Crippen molar-refractivity contribution in [1.29, 1.82) is 0 Å². The fourth-order valence-electron chi connectivity index (χ4n) is 3.25. The number of amides is 1. The van der Waals surface area contributed by atoms with E-state index >= 15 is 0 Å². The Hall–Kier alpha value is -2.98. The minimum absolute atomic E-state index is 0.0173. The van der Waals surface area contributed by atoms with E-state index in [0.29, 0.717) is 5.56 Å². The van der Waals surface area contributed by atoms with Crippen molar-refractivity contribution in [2.75, 3.05) is 46.5 Å². The van der Waals surface area contributed by atoms with Crippen LogP contribution in [0.5, 0.6) is 0 Å². The summed E-state index contributed by atoms with van der Waals surface area (Å²) in [6.07, 6.45) is -4.10. The molecule has 0 radical (unpaired) electrons. The van der Waals surface area contributed by atoms with Crippen LogP contribution in [0.1, 0.15) is 32.1 Å². The first-order chi connectivity index (χ1) is 19.8. The van der Waals surface area contributed by atoms with Gasteiger partial charge in [0.15, 0.2) is 5.82 Å². The maximum atomic E-state index is 12.8. The Morgan fingerprint density at radius 1 is 1.45 bits per heavy atom. The number of nitrogens with one attached hydrogen (secondary N) is 1. The van der Waals surface area contributed by atoms with E-state index in [-0.39, 0.29) is 44.7 Å². The van der Waals surface area contributed by atoms with Gasteiger partial charge in [-0.2, -0.15) is 18.2 Å². The highest BCUT2D eigenvalue weighted by molar-refractivity contribution is 8.77. The molecule has 3 atom stereocenters. The molecule has 0 bridgehead atoms. The van der Waals surface area contributed by atoms with E-state index in [4.69, 9.17) is 19.7 Å². The number of halogens is 3. The highest BCUT2D eigenvalue weighted by atomic mass is 33.1. The molecule has 42 heavy (non-hydrogen) atoms. The fourth-order valence-corrected chi connectivity index (χ4v) is 5.39. The van der Waals surface area contributed by atoms with Gasteiger partial charge < -0.3 is 29.5 Å². The number of hydrogen-bond acceptors (Lipinski definition) is 11. The Morgan fingerprint density at radius 2 is 2.19 bits per heavy atom. The number of alkyl halides is 3. The summed E-state index contributed by atoms with van der Waals surface area (Å²) in [6.45, 7) is 2.51. The number of hydrogen-bond donors (Lipinski definition) is 2. The van der Waals surface area contributed by atoms with Gasteiger partial charge in [-0.05, 0) is 19.4 Å². The molecule has 2 heterocycles. The number of aliphatic imine (C=N–C) groups is 1. The van der Waals surface area contributed by atoms with Crippen LogP contribution in [0.25, 0.3) is 10.4 Å². The van der Waals surface area contributed by atoms with Gasteiger partial charge in [-0.1, -0.05) is 38.5 Å². The quantitative estimate of drug-likeness (QED) is 0.0355. The zero-order valence-corrected chi connectivity index (χ0v) is 24.8. The zero-order chi connectivity index (χ0) is 31.3. The maximum absolute atomic E-state index is 12.8. The number of azide groups is 1. The molecule has 1 saturated heterocycles. The number of aliphatic hydroxyl groups excluding tert-OH is 1. The summed E-state index contributed by atoms with van der Waals surface area (Å²) in [7, 11) is 5.97. The Balaban J connectivity index is 2.05. The molecule has 1 amide bonds. The van der Waals surface area contributed by atoms with Crippen molar-refractivity contribution in [3.8, 4) is 11.8 Å². The van der Waals surface area contributed by atoms with Crippen molar-refractivity contribution >= 4 is 39.7 Å². The van der Waals surface area contributed by atoms with E-state index in [2.05, 4.69) is 31.8 Å². The Kier molecular flexibility index (Phi) is 13.9. The molecular weight excluding hydrogens is 605 g/mol. The predicted octanol–water partition coefficient (Wildman–Crippen LogP) is 2.56. The first kappa shape index (κ1) is 35.2. The van der Waals surface area contributed by atoms with Gasteiger partial charge in [-0.3, -0.25) is 9.36 Å². The van der Waals surface area contributed by atoms with Crippen molar-refractivity contribution < 1.29 is 37.3 Å². The summed E-state index contributed by atoms with van der Waals surface area (Å²) in [5.74, 6) is 3.92. The lowest BCUT2D eigenvalue weighted by Gasteiger charge is -2.23. The fraction of sp³-hybridized carbons (Fsp3) is 0.652. The lowest BCUT2D eigenvalue weighted by Crippen LogP contribution is -2.42. The summed E-state index contributed by atoms with van der Waals surface area (Å²) in [6, 6.07) is 0. The van der Waals surface area contributed by atoms with E-state index in [1.807, 2.05) is 5.32 Å². The molecule has 2 N–H and O–H groups in total. The molecule has 232 valence electrons. The molecule has 0 aromatic carbocycles. The van der Waals surface area contributed by atoms with Gasteiger partial charge in [-0.25, -0.2) is 9.79 Å². The standard InChI is InChI=1S/C23H31F3N8O6S2/c1-22(2,11-28-20(36)23(24,25)26)42-41-14-38-7-5-6-15-9-34(21(37)31-19(15)29-12-33(3)4)18-8-16(17(10-35)40-18)39-13-30-32-27/h9,12,16-18,35H,7-8,10-11,13-14H2,1-4H3,(H,28,36)/b29-12+/t16?,17-,18-/m1/s1. The number of carbonyl (C=O) groups is 1. The average molecular weight is 637 g/mol. The third kappa shape index (κ3) is 11.7. The minimum Gasteiger partial charge on any atom is -0.394 e. The molecule has 1 aliphatic rings. The van der Waals surface area contributed by atoms with Crippen LogP contribution < -0.4 is 11.0 Å². The van der Waals surface area contributed by atoms with Crippen LogP contribution in [0.4, 0.5) is 19.0 Å². The van der Waals surface area contributed by atoms with E-state index < -0.39 is 41.0 Å². The van der Waals surface area contributed by atoms with Crippen molar-refractivity contribution in [3.05, 3.63) is 32.7 Å². The molecule has 0 spiro atoms. The van der Waals surface area contributed by atoms with Crippen LogP contribution in [0.2, 0.25) is 0 Å². The van der Waals surface area contributed by atoms with Gasteiger partial charge in [0.1, 0.15) is 31.6 Å². The van der Waals surface area contributed by atoms with Crippen LogP contribution in [0, 0.1) is 11.8 Å². The Bertz CT molecular complexity index is 1260. The summed E-state index contributed by atoms with van der Waals surface area (Å²) in [5.41, 5.74) is 8.08. The topological polar surface area (TPSA) is 176 Å². The normalized spacial score (nSPS) is 18.8. The zero-order valence-electron chi connectivity index (χ0n) is 23.2. The smallest absolute Gasteiger partial charge is 0.394 e. The molecule has 19 heteroatoms. The molecule has 0 aliphatic carbocycles. The second-order valence-corrected chi connectivity index (χ2v) is 12.3. The lowest BCUT2D eigenvalue weighted by atomic mass is 10.2. The van der Waals surface area contributed by atoms with Crippen molar-refractivity contribution in [2.24, 2.45) is 10.1 Å². The first-order valence-corrected chi connectivity index (χ1v) is 14.5. The van der Waals surface area contributed by atoms with E-state index in [9.17, 15) is 27.9 Å². The third-order valence-electron chi connectivity index (χ3n) is 5.17. The monoisotopic (exact) mass is 636 g/mol.